The number of rotatable bonds is 14. The van der Waals surface area contributed by atoms with Crippen LogP contribution in [0.4, 0.5) is 4.79 Å². The van der Waals surface area contributed by atoms with Gasteiger partial charge in [-0.25, -0.2) is 9.78 Å². The summed E-state index contributed by atoms with van der Waals surface area (Å²) >= 11 is 0. The van der Waals surface area contributed by atoms with Crippen molar-refractivity contribution < 1.29 is 19.4 Å². The molecule has 3 aromatic carbocycles. The molecule has 3 amide bonds. The summed E-state index contributed by atoms with van der Waals surface area (Å²) in [5.41, 5.74) is 10.9. The monoisotopic (exact) mass is 663 g/mol. The van der Waals surface area contributed by atoms with Gasteiger partial charge in [-0.2, -0.15) is 0 Å². The van der Waals surface area contributed by atoms with Crippen LogP contribution in [0.3, 0.4) is 0 Å². The lowest BCUT2D eigenvalue weighted by Gasteiger charge is -2.37. The fourth-order valence-electron chi connectivity index (χ4n) is 6.54. The van der Waals surface area contributed by atoms with Gasteiger partial charge in [-0.3, -0.25) is 4.79 Å². The van der Waals surface area contributed by atoms with E-state index in [1.54, 1.807) is 16.9 Å². The minimum Gasteiger partial charge on any atom is -0.481 e. The molecule has 1 saturated heterocycles. The van der Waals surface area contributed by atoms with Crippen molar-refractivity contribution >= 4 is 11.9 Å². The number of nitrogens with one attached hydrogen (secondary N) is 1. The number of aromatic nitrogens is 1. The molecule has 0 unspecified atom stereocenters. The zero-order chi connectivity index (χ0) is 35.0. The van der Waals surface area contributed by atoms with E-state index < -0.39 is 29.6 Å². The predicted molar refractivity (Wildman–Crippen MR) is 193 cm³/mol. The Morgan fingerprint density at radius 3 is 2.14 bits per heavy atom. The first kappa shape index (κ1) is 35.6. The number of methoxy groups -OCH3 is 1. The quantitative estimate of drug-likeness (QED) is 0.165. The molecule has 4 N–H and O–H groups in total. The lowest BCUT2D eigenvalue weighted by atomic mass is 9.84. The zero-order valence-electron chi connectivity index (χ0n) is 29.0. The second-order valence-electron chi connectivity index (χ2n) is 14.0. The van der Waals surface area contributed by atoms with Crippen LogP contribution in [0.25, 0.3) is 11.3 Å². The van der Waals surface area contributed by atoms with E-state index in [-0.39, 0.29) is 18.4 Å². The van der Waals surface area contributed by atoms with E-state index in [0.717, 1.165) is 27.9 Å². The molecule has 2 heterocycles. The van der Waals surface area contributed by atoms with Crippen molar-refractivity contribution in [1.29, 1.82) is 0 Å². The van der Waals surface area contributed by atoms with Gasteiger partial charge in [0.25, 0.3) is 0 Å². The van der Waals surface area contributed by atoms with E-state index in [2.05, 4.69) is 10.3 Å². The molecule has 0 radical (unpaired) electrons. The number of nitrogens with two attached hydrogens (primary N) is 1. The highest BCUT2D eigenvalue weighted by atomic mass is 16.5. The van der Waals surface area contributed by atoms with Crippen LogP contribution in [-0.2, 0) is 24.2 Å². The largest absolute Gasteiger partial charge is 0.481 e. The number of urea groups is 1. The van der Waals surface area contributed by atoms with Crippen molar-refractivity contribution in [3.63, 3.8) is 0 Å². The lowest BCUT2D eigenvalue weighted by molar-refractivity contribution is -0.129. The molecule has 4 atom stereocenters. The SMILES string of the molecule is COc1cccc(-c2ccc(C[C@H](N)[C@@H](O)C[C@H](Cc3ccccc3)NC(=O)[C@@H](N3CCN(Cc4ccccc4)C3=O)C(C)(C)C)cc2)n1. The maximum atomic E-state index is 14.2. The number of hydrogen-bond donors (Lipinski definition) is 3. The first-order chi connectivity index (χ1) is 23.5. The Morgan fingerprint density at radius 1 is 0.878 bits per heavy atom. The number of ether oxygens (including phenoxy) is 1. The molecule has 0 aliphatic carbocycles. The Kier molecular flexibility index (Phi) is 11.7. The molecule has 9 heteroatoms. The Morgan fingerprint density at radius 2 is 1.51 bits per heavy atom. The molecular weight excluding hydrogens is 614 g/mol. The van der Waals surface area contributed by atoms with Gasteiger partial charge >= 0.3 is 6.03 Å². The average Bonchev–Trinajstić information content (AvgIpc) is 3.43. The summed E-state index contributed by atoms with van der Waals surface area (Å²) in [6.45, 7) is 7.46. The number of carbonyl (C=O) groups excluding carboxylic acids is 2. The Labute approximate surface area is 290 Å². The smallest absolute Gasteiger partial charge is 0.321 e. The van der Waals surface area contributed by atoms with Crippen LogP contribution in [-0.4, -0.2) is 76.3 Å². The van der Waals surface area contributed by atoms with Gasteiger partial charge in [0, 0.05) is 43.3 Å². The molecule has 1 aromatic heterocycles. The third kappa shape index (κ3) is 9.46. The highest BCUT2D eigenvalue weighted by molar-refractivity contribution is 5.89. The van der Waals surface area contributed by atoms with Gasteiger partial charge in [-0.05, 0) is 47.4 Å². The molecule has 0 bridgehead atoms. The zero-order valence-corrected chi connectivity index (χ0v) is 29.0. The predicted octanol–water partition coefficient (Wildman–Crippen LogP) is 5.46. The third-order valence-electron chi connectivity index (χ3n) is 9.07. The number of pyridine rings is 1. The van der Waals surface area contributed by atoms with E-state index in [0.29, 0.717) is 38.4 Å². The van der Waals surface area contributed by atoms with Gasteiger partial charge in [0.1, 0.15) is 6.04 Å². The molecule has 1 fully saturated rings. The van der Waals surface area contributed by atoms with E-state index >= 15 is 0 Å². The fraction of sp³-hybridized carbons (Fsp3) is 0.375. The standard InChI is InChI=1S/C40H49N5O4/c1-40(2,3)37(45-23-22-44(39(45)48)27-30-14-9-6-10-15-30)38(47)42-32(24-28-12-7-5-8-13-28)26-35(46)33(41)25-29-18-20-31(21-19-29)34-16-11-17-36(43-34)49-4/h5-21,32-33,35,37,46H,22-27,41H2,1-4H3,(H,42,47)/t32-,33-,35-,37+/m0/s1. The van der Waals surface area contributed by atoms with Crippen molar-refractivity contribution in [2.45, 2.75) is 70.8 Å². The van der Waals surface area contributed by atoms with Crippen LogP contribution >= 0.6 is 0 Å². The number of aliphatic hydroxyl groups is 1. The van der Waals surface area contributed by atoms with Gasteiger partial charge in [-0.15, -0.1) is 0 Å². The van der Waals surface area contributed by atoms with Crippen molar-refractivity contribution in [1.82, 2.24) is 20.1 Å². The van der Waals surface area contributed by atoms with Crippen molar-refractivity contribution in [2.75, 3.05) is 20.2 Å². The number of nitrogens with zero attached hydrogens (tertiary/aromatic N) is 3. The number of amides is 3. The molecular formula is C40H49N5O4. The Bertz CT molecular complexity index is 1660. The van der Waals surface area contributed by atoms with Crippen LogP contribution in [0.1, 0.15) is 43.9 Å². The van der Waals surface area contributed by atoms with Crippen molar-refractivity contribution in [3.05, 3.63) is 120 Å². The molecule has 1 aliphatic rings. The summed E-state index contributed by atoms with van der Waals surface area (Å²) in [7, 11) is 1.59. The first-order valence-corrected chi connectivity index (χ1v) is 17.0. The van der Waals surface area contributed by atoms with E-state index in [1.165, 1.54) is 0 Å². The summed E-state index contributed by atoms with van der Waals surface area (Å²) < 4.78 is 5.26. The maximum absolute atomic E-state index is 14.2. The molecule has 0 saturated carbocycles. The van der Waals surface area contributed by atoms with Gasteiger partial charge < -0.3 is 30.7 Å². The van der Waals surface area contributed by atoms with E-state index in [9.17, 15) is 14.7 Å². The molecule has 4 aromatic rings. The van der Waals surface area contributed by atoms with Gasteiger partial charge in [0.15, 0.2) is 0 Å². The highest BCUT2D eigenvalue weighted by Gasteiger charge is 2.44. The lowest BCUT2D eigenvalue weighted by Crippen LogP contribution is -2.57. The van der Waals surface area contributed by atoms with E-state index in [1.807, 2.05) is 124 Å². The summed E-state index contributed by atoms with van der Waals surface area (Å²) in [6.07, 6.45) is 0.363. The molecule has 5 rings (SSSR count). The maximum Gasteiger partial charge on any atom is 0.321 e. The van der Waals surface area contributed by atoms with Gasteiger partial charge in [0.2, 0.25) is 11.8 Å². The average molecular weight is 664 g/mol. The first-order valence-electron chi connectivity index (χ1n) is 17.0. The Hall–Kier alpha value is -4.73. The fourth-order valence-corrected chi connectivity index (χ4v) is 6.54. The van der Waals surface area contributed by atoms with Gasteiger partial charge in [0.05, 0.1) is 18.9 Å². The summed E-state index contributed by atoms with van der Waals surface area (Å²) in [6, 6.07) is 31.6. The summed E-state index contributed by atoms with van der Waals surface area (Å²) in [4.78, 5) is 35.8. The second-order valence-corrected chi connectivity index (χ2v) is 14.0. The van der Waals surface area contributed by atoms with Crippen LogP contribution in [0, 0.1) is 5.41 Å². The van der Waals surface area contributed by atoms with Crippen LogP contribution < -0.4 is 15.8 Å². The molecule has 0 spiro atoms. The van der Waals surface area contributed by atoms with Crippen molar-refractivity contribution in [2.24, 2.45) is 11.1 Å². The Balaban J connectivity index is 1.27. The molecule has 1 aliphatic heterocycles. The number of aliphatic hydroxyl groups excluding tert-OH is 1. The normalized spacial score (nSPS) is 15.8. The minimum absolute atomic E-state index is 0.145. The number of hydrogen-bond acceptors (Lipinski definition) is 6. The van der Waals surface area contributed by atoms with Crippen molar-refractivity contribution in [3.8, 4) is 17.1 Å². The summed E-state index contributed by atoms with van der Waals surface area (Å²) in [5, 5.41) is 14.6. The number of benzene rings is 3. The van der Waals surface area contributed by atoms with Crippen LogP contribution in [0.15, 0.2) is 103 Å². The second kappa shape index (κ2) is 16.1. The molecule has 258 valence electrons. The van der Waals surface area contributed by atoms with Gasteiger partial charge in [-0.1, -0.05) is 112 Å². The third-order valence-corrected chi connectivity index (χ3v) is 9.07. The minimum atomic E-state index is -0.878. The highest BCUT2D eigenvalue weighted by Crippen LogP contribution is 2.29. The molecule has 9 nitrogen and oxygen atoms in total. The van der Waals surface area contributed by atoms with Crippen LogP contribution in [0.5, 0.6) is 5.88 Å². The summed E-state index contributed by atoms with van der Waals surface area (Å²) in [5.74, 6) is 0.320. The van der Waals surface area contributed by atoms with Crippen LogP contribution in [0.2, 0.25) is 0 Å². The van der Waals surface area contributed by atoms with E-state index in [4.69, 9.17) is 10.5 Å². The topological polar surface area (TPSA) is 121 Å². The number of carbonyl (C=O) groups is 2. The molecule has 49 heavy (non-hydrogen) atoms.